The molecule has 3 rings (SSSR count). The summed E-state index contributed by atoms with van der Waals surface area (Å²) < 4.78 is 0. The molecule has 6 heteroatoms. The lowest BCUT2D eigenvalue weighted by Gasteiger charge is -2.22. The zero-order valence-electron chi connectivity index (χ0n) is 11.6. The second-order valence-corrected chi connectivity index (χ2v) is 5.13. The molecule has 106 valence electrons. The Kier molecular flexibility index (Phi) is 3.29. The van der Waals surface area contributed by atoms with Crippen LogP contribution in [0.25, 0.3) is 0 Å². The SMILES string of the molecule is CCCC1(Cc2ccccc2)N=C2C(=O)N=NC(=O)C2=N1. The number of hydrogen-bond acceptors (Lipinski definition) is 4. The van der Waals surface area contributed by atoms with Gasteiger partial charge in [0.05, 0.1) is 0 Å². The fraction of sp³-hybridized carbons (Fsp3) is 0.333. The van der Waals surface area contributed by atoms with Crippen molar-refractivity contribution in [3.05, 3.63) is 35.9 Å². The number of nitrogens with zero attached hydrogens (tertiary/aromatic N) is 4. The maximum absolute atomic E-state index is 11.7. The summed E-state index contributed by atoms with van der Waals surface area (Å²) in [6.45, 7) is 2.02. The molecule has 0 bridgehead atoms. The van der Waals surface area contributed by atoms with E-state index in [0.717, 1.165) is 12.0 Å². The number of azo groups is 1. The third kappa shape index (κ3) is 2.44. The summed E-state index contributed by atoms with van der Waals surface area (Å²) in [4.78, 5) is 32.4. The van der Waals surface area contributed by atoms with Gasteiger partial charge in [-0.05, 0) is 12.0 Å². The molecule has 0 saturated carbocycles. The highest BCUT2D eigenvalue weighted by Gasteiger charge is 2.42. The first-order valence-corrected chi connectivity index (χ1v) is 6.88. The standard InChI is InChI=1S/C15H14N4O2/c1-2-8-15(9-10-6-4-3-5-7-10)16-11-12(17-15)14(21)19-18-13(11)20/h3-7H,2,8-9H2,1H3. The minimum absolute atomic E-state index is 0.0550. The van der Waals surface area contributed by atoms with Gasteiger partial charge in [0.25, 0.3) is 0 Å². The molecule has 21 heavy (non-hydrogen) atoms. The van der Waals surface area contributed by atoms with Gasteiger partial charge in [-0.2, -0.15) is 0 Å². The Balaban J connectivity index is 2.01. The number of benzene rings is 1. The van der Waals surface area contributed by atoms with E-state index in [4.69, 9.17) is 0 Å². The molecule has 0 radical (unpaired) electrons. The molecule has 0 unspecified atom stereocenters. The van der Waals surface area contributed by atoms with Crippen molar-refractivity contribution in [2.45, 2.75) is 31.8 Å². The molecule has 0 atom stereocenters. The molecular weight excluding hydrogens is 268 g/mol. The van der Waals surface area contributed by atoms with Crippen LogP contribution >= 0.6 is 0 Å². The molecule has 6 nitrogen and oxygen atoms in total. The van der Waals surface area contributed by atoms with Crippen molar-refractivity contribution < 1.29 is 9.59 Å². The summed E-state index contributed by atoms with van der Waals surface area (Å²) in [5.74, 6) is -1.17. The first kappa shape index (κ1) is 13.5. The van der Waals surface area contributed by atoms with Crippen molar-refractivity contribution in [3.63, 3.8) is 0 Å². The smallest absolute Gasteiger partial charge is 0.263 e. The zero-order valence-corrected chi connectivity index (χ0v) is 11.6. The quantitative estimate of drug-likeness (QED) is 0.847. The lowest BCUT2D eigenvalue weighted by atomic mass is 9.96. The Hall–Kier alpha value is -2.50. The maximum Gasteiger partial charge on any atom is 0.316 e. The molecule has 0 spiro atoms. The number of hydrogen-bond donors (Lipinski definition) is 0. The fourth-order valence-corrected chi connectivity index (χ4v) is 2.63. The van der Waals surface area contributed by atoms with Crippen molar-refractivity contribution in [2.75, 3.05) is 0 Å². The summed E-state index contributed by atoms with van der Waals surface area (Å²) in [6.07, 6.45) is 2.06. The van der Waals surface area contributed by atoms with E-state index in [1.54, 1.807) is 0 Å². The average molecular weight is 282 g/mol. The normalized spacial score (nSPS) is 19.3. The van der Waals surface area contributed by atoms with Crippen LogP contribution in [-0.4, -0.2) is 28.9 Å². The van der Waals surface area contributed by atoms with Gasteiger partial charge < -0.3 is 0 Å². The number of rotatable bonds is 4. The maximum atomic E-state index is 11.7. The molecule has 1 aromatic rings. The van der Waals surface area contributed by atoms with E-state index in [-0.39, 0.29) is 11.4 Å². The van der Waals surface area contributed by atoms with Gasteiger partial charge in [0.1, 0.15) is 0 Å². The van der Waals surface area contributed by atoms with E-state index in [9.17, 15) is 9.59 Å². The molecule has 2 aliphatic rings. The molecule has 2 heterocycles. The fourth-order valence-electron chi connectivity index (χ4n) is 2.63. The van der Waals surface area contributed by atoms with Crippen molar-refractivity contribution >= 4 is 23.2 Å². The number of carbonyl (C=O) groups excluding carboxylic acids is 2. The van der Waals surface area contributed by atoms with Gasteiger partial charge in [0.15, 0.2) is 17.1 Å². The molecule has 0 N–H and O–H groups in total. The summed E-state index contributed by atoms with van der Waals surface area (Å²) in [5, 5.41) is 6.62. The minimum atomic E-state index is -0.790. The number of carbonyl (C=O) groups is 2. The first-order valence-electron chi connectivity index (χ1n) is 6.88. The van der Waals surface area contributed by atoms with Crippen LogP contribution in [0.4, 0.5) is 0 Å². The van der Waals surface area contributed by atoms with Gasteiger partial charge in [-0.1, -0.05) is 43.7 Å². The molecule has 2 amide bonds. The van der Waals surface area contributed by atoms with Gasteiger partial charge >= 0.3 is 11.8 Å². The monoisotopic (exact) mass is 282 g/mol. The van der Waals surface area contributed by atoms with Gasteiger partial charge in [-0.3, -0.25) is 9.59 Å². The summed E-state index contributed by atoms with van der Waals surface area (Å²) in [7, 11) is 0. The molecule has 0 saturated heterocycles. The number of aliphatic imine (C=N–C) groups is 2. The Labute approximate surface area is 121 Å². The van der Waals surface area contributed by atoms with Crippen LogP contribution in [-0.2, 0) is 16.0 Å². The number of amides is 2. The number of fused-ring (bicyclic) bond motifs is 1. The van der Waals surface area contributed by atoms with Gasteiger partial charge in [-0.15, -0.1) is 10.2 Å². The van der Waals surface area contributed by atoms with E-state index in [1.807, 2.05) is 37.3 Å². The van der Waals surface area contributed by atoms with Crippen molar-refractivity contribution in [1.82, 2.24) is 0 Å². The lowest BCUT2D eigenvalue weighted by Crippen LogP contribution is -2.30. The molecule has 0 aliphatic carbocycles. The van der Waals surface area contributed by atoms with E-state index >= 15 is 0 Å². The highest BCUT2D eigenvalue weighted by Crippen LogP contribution is 2.31. The van der Waals surface area contributed by atoms with Gasteiger partial charge in [0.2, 0.25) is 0 Å². The van der Waals surface area contributed by atoms with E-state index in [2.05, 4.69) is 20.2 Å². The molecular formula is C15H14N4O2. The predicted molar refractivity (Wildman–Crippen MR) is 77.5 cm³/mol. The van der Waals surface area contributed by atoms with Crippen LogP contribution in [0.2, 0.25) is 0 Å². The summed E-state index contributed by atoms with van der Waals surface area (Å²) in [5.41, 5.74) is 0.382. The van der Waals surface area contributed by atoms with E-state index in [0.29, 0.717) is 12.8 Å². The molecule has 0 fully saturated rings. The van der Waals surface area contributed by atoms with Crippen LogP contribution in [0.3, 0.4) is 0 Å². The third-order valence-electron chi connectivity index (χ3n) is 3.48. The molecule has 0 aromatic heterocycles. The van der Waals surface area contributed by atoms with Crippen LogP contribution in [0.1, 0.15) is 25.3 Å². The van der Waals surface area contributed by atoms with E-state index in [1.165, 1.54) is 0 Å². The summed E-state index contributed by atoms with van der Waals surface area (Å²) in [6, 6.07) is 9.79. The molecule has 2 aliphatic heterocycles. The second kappa shape index (κ2) is 5.12. The minimum Gasteiger partial charge on any atom is -0.263 e. The van der Waals surface area contributed by atoms with Gasteiger partial charge in [-0.25, -0.2) is 9.98 Å². The van der Waals surface area contributed by atoms with E-state index < -0.39 is 17.5 Å². The topological polar surface area (TPSA) is 83.6 Å². The summed E-state index contributed by atoms with van der Waals surface area (Å²) >= 11 is 0. The largest absolute Gasteiger partial charge is 0.316 e. The highest BCUT2D eigenvalue weighted by atomic mass is 16.2. The van der Waals surface area contributed by atoms with Crippen LogP contribution in [0.15, 0.2) is 50.5 Å². The first-order chi connectivity index (χ1) is 10.1. The Bertz CT molecular complexity index is 655. The van der Waals surface area contributed by atoms with Crippen molar-refractivity contribution in [1.29, 1.82) is 0 Å². The third-order valence-corrected chi connectivity index (χ3v) is 3.48. The van der Waals surface area contributed by atoms with Gasteiger partial charge in [0, 0.05) is 6.42 Å². The Morgan fingerprint density at radius 2 is 1.52 bits per heavy atom. The van der Waals surface area contributed by atoms with Crippen LogP contribution in [0, 0.1) is 0 Å². The van der Waals surface area contributed by atoms with Crippen molar-refractivity contribution in [3.8, 4) is 0 Å². The van der Waals surface area contributed by atoms with Crippen molar-refractivity contribution in [2.24, 2.45) is 20.2 Å². The second-order valence-electron chi connectivity index (χ2n) is 5.13. The molecule has 1 aromatic carbocycles. The highest BCUT2D eigenvalue weighted by molar-refractivity contribution is 6.82. The zero-order chi connectivity index (χ0) is 14.9. The Morgan fingerprint density at radius 3 is 2.05 bits per heavy atom. The predicted octanol–water partition coefficient (Wildman–Crippen LogP) is 2.14. The van der Waals surface area contributed by atoms with Crippen LogP contribution in [0.5, 0.6) is 0 Å². The Morgan fingerprint density at radius 1 is 0.952 bits per heavy atom. The van der Waals surface area contributed by atoms with Crippen LogP contribution < -0.4 is 0 Å². The lowest BCUT2D eigenvalue weighted by molar-refractivity contribution is -0.116. The average Bonchev–Trinajstić information content (AvgIpc) is 2.85.